The van der Waals surface area contributed by atoms with Crippen molar-refractivity contribution in [3.05, 3.63) is 0 Å². The Morgan fingerprint density at radius 3 is 2.24 bits per heavy atom. The summed E-state index contributed by atoms with van der Waals surface area (Å²) in [5.41, 5.74) is 1.11. The summed E-state index contributed by atoms with van der Waals surface area (Å²) in [6.07, 6.45) is 11.0. The van der Waals surface area contributed by atoms with Crippen molar-refractivity contribution in [3.63, 3.8) is 0 Å². The molecule has 0 spiro atoms. The first-order valence-electron chi connectivity index (χ1n) is 7.70. The molecule has 1 aliphatic heterocycles. The van der Waals surface area contributed by atoms with Gasteiger partial charge in [0.25, 0.3) is 0 Å². The van der Waals surface area contributed by atoms with E-state index in [2.05, 4.69) is 24.5 Å². The number of rotatable bonds is 6. The predicted molar refractivity (Wildman–Crippen MR) is 74.3 cm³/mol. The van der Waals surface area contributed by atoms with E-state index < -0.39 is 0 Å². The molecule has 17 heavy (non-hydrogen) atoms. The summed E-state index contributed by atoms with van der Waals surface area (Å²) in [4.78, 5) is 0. The van der Waals surface area contributed by atoms with Gasteiger partial charge in [0.05, 0.1) is 0 Å². The number of piperidine rings is 1. The minimum Gasteiger partial charge on any atom is -0.317 e. The molecule has 2 N–H and O–H groups in total. The Morgan fingerprint density at radius 1 is 1.06 bits per heavy atom. The Morgan fingerprint density at radius 2 is 1.76 bits per heavy atom. The van der Waals surface area contributed by atoms with E-state index in [9.17, 15) is 0 Å². The second-order valence-corrected chi connectivity index (χ2v) is 6.34. The molecule has 0 bridgehead atoms. The van der Waals surface area contributed by atoms with Crippen LogP contribution >= 0.6 is 0 Å². The fraction of sp³-hybridized carbons (Fsp3) is 1.00. The van der Waals surface area contributed by atoms with Gasteiger partial charge in [-0.1, -0.05) is 20.3 Å². The number of hydrogen-bond acceptors (Lipinski definition) is 2. The minimum absolute atomic E-state index is 0.519. The zero-order valence-corrected chi connectivity index (χ0v) is 11.8. The van der Waals surface area contributed by atoms with Crippen molar-refractivity contribution in [2.75, 3.05) is 19.6 Å². The van der Waals surface area contributed by atoms with Crippen molar-refractivity contribution in [1.29, 1.82) is 0 Å². The molecule has 0 atom stereocenters. The molecule has 0 amide bonds. The molecule has 1 heterocycles. The third kappa shape index (κ3) is 3.03. The Labute approximate surface area is 107 Å². The molecule has 2 aliphatic rings. The zero-order chi connectivity index (χ0) is 12.2. The SMILES string of the molecule is CCCC1(CNC2(CC)CCC2)CCNCC1. The van der Waals surface area contributed by atoms with Gasteiger partial charge in [0, 0.05) is 12.1 Å². The van der Waals surface area contributed by atoms with Gasteiger partial charge in [-0.05, 0) is 63.5 Å². The predicted octanol–water partition coefficient (Wildman–Crippen LogP) is 3.08. The molecule has 2 fully saturated rings. The van der Waals surface area contributed by atoms with E-state index in [1.165, 1.54) is 71.0 Å². The summed E-state index contributed by atoms with van der Waals surface area (Å²) >= 11 is 0. The second kappa shape index (κ2) is 5.71. The van der Waals surface area contributed by atoms with E-state index in [1.807, 2.05) is 0 Å². The maximum atomic E-state index is 3.95. The van der Waals surface area contributed by atoms with E-state index in [-0.39, 0.29) is 0 Å². The molecular weight excluding hydrogens is 208 g/mol. The molecule has 2 rings (SSSR count). The van der Waals surface area contributed by atoms with Crippen LogP contribution in [0.5, 0.6) is 0 Å². The molecule has 100 valence electrons. The molecule has 1 saturated heterocycles. The molecule has 2 heteroatoms. The highest BCUT2D eigenvalue weighted by atomic mass is 15.0. The molecule has 1 aliphatic carbocycles. The topological polar surface area (TPSA) is 24.1 Å². The second-order valence-electron chi connectivity index (χ2n) is 6.34. The Kier molecular flexibility index (Phi) is 4.48. The fourth-order valence-electron chi connectivity index (χ4n) is 3.64. The smallest absolute Gasteiger partial charge is 0.0179 e. The lowest BCUT2D eigenvalue weighted by Crippen LogP contribution is -2.55. The van der Waals surface area contributed by atoms with Crippen LogP contribution in [0.15, 0.2) is 0 Å². The van der Waals surface area contributed by atoms with E-state index in [0.717, 1.165) is 0 Å². The van der Waals surface area contributed by atoms with Gasteiger partial charge < -0.3 is 10.6 Å². The Balaban J connectivity index is 1.88. The highest BCUT2D eigenvalue weighted by Crippen LogP contribution is 2.38. The molecule has 0 radical (unpaired) electrons. The summed E-state index contributed by atoms with van der Waals surface area (Å²) in [6, 6.07) is 0. The molecular formula is C15H30N2. The van der Waals surface area contributed by atoms with Gasteiger partial charge in [0.15, 0.2) is 0 Å². The summed E-state index contributed by atoms with van der Waals surface area (Å²) < 4.78 is 0. The van der Waals surface area contributed by atoms with E-state index in [1.54, 1.807) is 0 Å². The van der Waals surface area contributed by atoms with Crippen LogP contribution in [0.1, 0.15) is 65.2 Å². The van der Waals surface area contributed by atoms with Gasteiger partial charge in [0.2, 0.25) is 0 Å². The lowest BCUT2D eigenvalue weighted by molar-refractivity contribution is 0.112. The number of nitrogens with one attached hydrogen (secondary N) is 2. The maximum Gasteiger partial charge on any atom is 0.0179 e. The van der Waals surface area contributed by atoms with Gasteiger partial charge >= 0.3 is 0 Å². The van der Waals surface area contributed by atoms with Gasteiger partial charge in [-0.25, -0.2) is 0 Å². The first-order chi connectivity index (χ1) is 8.24. The molecule has 1 saturated carbocycles. The summed E-state index contributed by atoms with van der Waals surface area (Å²) in [5.74, 6) is 0. The van der Waals surface area contributed by atoms with Crippen LogP contribution in [-0.2, 0) is 0 Å². The van der Waals surface area contributed by atoms with Gasteiger partial charge in [-0.15, -0.1) is 0 Å². The highest BCUT2D eigenvalue weighted by Gasteiger charge is 2.38. The van der Waals surface area contributed by atoms with Crippen molar-refractivity contribution < 1.29 is 0 Å². The Hall–Kier alpha value is -0.0800. The van der Waals surface area contributed by atoms with Crippen LogP contribution < -0.4 is 10.6 Å². The fourth-order valence-corrected chi connectivity index (χ4v) is 3.64. The van der Waals surface area contributed by atoms with E-state index in [0.29, 0.717) is 11.0 Å². The van der Waals surface area contributed by atoms with Crippen molar-refractivity contribution in [2.45, 2.75) is 70.8 Å². The lowest BCUT2D eigenvalue weighted by atomic mass is 9.71. The van der Waals surface area contributed by atoms with Crippen molar-refractivity contribution in [1.82, 2.24) is 10.6 Å². The molecule has 0 aromatic heterocycles. The number of hydrogen-bond donors (Lipinski definition) is 2. The highest BCUT2D eigenvalue weighted by molar-refractivity contribution is 4.97. The lowest BCUT2D eigenvalue weighted by Gasteiger charge is -2.47. The summed E-state index contributed by atoms with van der Waals surface area (Å²) in [5, 5.41) is 7.46. The van der Waals surface area contributed by atoms with E-state index >= 15 is 0 Å². The zero-order valence-electron chi connectivity index (χ0n) is 11.8. The standard InChI is InChI=1S/C15H30N2/c1-3-6-14(9-11-16-12-10-14)13-17-15(4-2)7-5-8-15/h16-17H,3-13H2,1-2H3. The average Bonchev–Trinajstić information content (AvgIpc) is 2.30. The molecule has 0 unspecified atom stereocenters. The van der Waals surface area contributed by atoms with Crippen molar-refractivity contribution in [3.8, 4) is 0 Å². The largest absolute Gasteiger partial charge is 0.317 e. The van der Waals surface area contributed by atoms with Crippen LogP contribution in [0, 0.1) is 5.41 Å². The van der Waals surface area contributed by atoms with Crippen LogP contribution in [0.25, 0.3) is 0 Å². The summed E-state index contributed by atoms with van der Waals surface area (Å²) in [7, 11) is 0. The van der Waals surface area contributed by atoms with Crippen LogP contribution in [0.2, 0.25) is 0 Å². The molecule has 0 aromatic carbocycles. The normalized spacial score (nSPS) is 26.5. The van der Waals surface area contributed by atoms with Crippen LogP contribution in [-0.4, -0.2) is 25.2 Å². The third-order valence-electron chi connectivity index (χ3n) is 5.27. The molecule has 0 aromatic rings. The van der Waals surface area contributed by atoms with Crippen molar-refractivity contribution in [2.24, 2.45) is 5.41 Å². The third-order valence-corrected chi connectivity index (χ3v) is 5.27. The van der Waals surface area contributed by atoms with Gasteiger partial charge in [0.1, 0.15) is 0 Å². The van der Waals surface area contributed by atoms with Gasteiger partial charge in [-0.3, -0.25) is 0 Å². The summed E-state index contributed by atoms with van der Waals surface area (Å²) in [6.45, 7) is 8.39. The minimum atomic E-state index is 0.519. The first kappa shape index (κ1) is 13.4. The van der Waals surface area contributed by atoms with Crippen LogP contribution in [0.3, 0.4) is 0 Å². The monoisotopic (exact) mass is 238 g/mol. The maximum absolute atomic E-state index is 3.95. The van der Waals surface area contributed by atoms with Crippen LogP contribution in [0.4, 0.5) is 0 Å². The van der Waals surface area contributed by atoms with E-state index in [4.69, 9.17) is 0 Å². The first-order valence-corrected chi connectivity index (χ1v) is 7.70. The average molecular weight is 238 g/mol. The quantitative estimate of drug-likeness (QED) is 0.743. The van der Waals surface area contributed by atoms with Crippen molar-refractivity contribution >= 4 is 0 Å². The van der Waals surface area contributed by atoms with Gasteiger partial charge in [-0.2, -0.15) is 0 Å². The Bertz CT molecular complexity index is 216. The molecule has 2 nitrogen and oxygen atoms in total.